The molecule has 1 aromatic carbocycles. The van der Waals surface area contributed by atoms with Crippen molar-refractivity contribution in [3.63, 3.8) is 0 Å². The van der Waals surface area contributed by atoms with Crippen LogP contribution in [-0.2, 0) is 0 Å². The molecule has 2 aromatic heterocycles. The van der Waals surface area contributed by atoms with E-state index in [4.69, 9.17) is 0 Å². The monoisotopic (exact) mass is 263 g/mol. The topological polar surface area (TPSA) is 37.8 Å². The third-order valence-electron chi connectivity index (χ3n) is 3.56. The largest absolute Gasteiger partial charge is 0.308 e. The first-order valence-corrected chi connectivity index (χ1v) is 6.73. The summed E-state index contributed by atoms with van der Waals surface area (Å²) in [6, 6.07) is 14.4. The maximum atomic E-state index is 4.54. The van der Waals surface area contributed by atoms with Gasteiger partial charge in [0.2, 0.25) is 0 Å². The van der Waals surface area contributed by atoms with E-state index in [-0.39, 0.29) is 6.04 Å². The molecule has 3 heteroatoms. The lowest BCUT2D eigenvalue weighted by molar-refractivity contribution is 0.664. The van der Waals surface area contributed by atoms with E-state index in [0.29, 0.717) is 0 Å². The molecular weight excluding hydrogens is 246 g/mol. The number of nitrogens with zero attached hydrogens (tertiary/aromatic N) is 2. The van der Waals surface area contributed by atoms with Crippen molar-refractivity contribution in [2.75, 3.05) is 7.05 Å². The Labute approximate surface area is 118 Å². The highest BCUT2D eigenvalue weighted by Crippen LogP contribution is 2.24. The molecule has 1 unspecified atom stereocenters. The zero-order chi connectivity index (χ0) is 13.9. The van der Waals surface area contributed by atoms with Gasteiger partial charge in [-0.2, -0.15) is 0 Å². The molecule has 1 atom stereocenters. The summed E-state index contributed by atoms with van der Waals surface area (Å²) in [4.78, 5) is 9.05. The number of hydrogen-bond acceptors (Lipinski definition) is 3. The zero-order valence-corrected chi connectivity index (χ0v) is 11.7. The molecule has 3 rings (SSSR count). The Morgan fingerprint density at radius 2 is 1.90 bits per heavy atom. The van der Waals surface area contributed by atoms with E-state index >= 15 is 0 Å². The first kappa shape index (κ1) is 12.8. The number of hydrogen-bond donors (Lipinski definition) is 1. The molecule has 3 nitrogen and oxygen atoms in total. The van der Waals surface area contributed by atoms with Gasteiger partial charge in [0.05, 0.1) is 17.3 Å². The van der Waals surface area contributed by atoms with Crippen LogP contribution in [0.5, 0.6) is 0 Å². The lowest BCUT2D eigenvalue weighted by Crippen LogP contribution is -2.20. The predicted octanol–water partition coefficient (Wildman–Crippen LogP) is 3.25. The van der Waals surface area contributed by atoms with Gasteiger partial charge in [0.15, 0.2) is 0 Å². The van der Waals surface area contributed by atoms with Gasteiger partial charge in [-0.1, -0.05) is 24.3 Å². The lowest BCUT2D eigenvalue weighted by atomic mass is 10.0. The molecule has 3 aromatic rings. The summed E-state index contributed by atoms with van der Waals surface area (Å²) in [5.74, 6) is 0. The number of rotatable bonds is 3. The summed E-state index contributed by atoms with van der Waals surface area (Å²) in [6.45, 7) is 2.08. The average molecular weight is 263 g/mol. The van der Waals surface area contributed by atoms with Gasteiger partial charge in [-0.05, 0) is 43.3 Å². The van der Waals surface area contributed by atoms with Crippen LogP contribution in [0, 0.1) is 6.92 Å². The van der Waals surface area contributed by atoms with E-state index in [1.165, 1.54) is 5.56 Å². The maximum Gasteiger partial charge on any atom is 0.0766 e. The summed E-state index contributed by atoms with van der Waals surface area (Å²) in [7, 11) is 1.95. The Kier molecular flexibility index (Phi) is 3.44. The maximum absolute atomic E-state index is 4.54. The molecule has 1 N–H and O–H groups in total. The van der Waals surface area contributed by atoms with Crippen LogP contribution in [0.15, 0.2) is 54.9 Å². The van der Waals surface area contributed by atoms with Gasteiger partial charge in [0.1, 0.15) is 0 Å². The number of aryl methyl sites for hydroxylation is 1. The zero-order valence-electron chi connectivity index (χ0n) is 11.7. The van der Waals surface area contributed by atoms with Crippen LogP contribution < -0.4 is 5.32 Å². The molecule has 0 amide bonds. The van der Waals surface area contributed by atoms with Gasteiger partial charge in [0, 0.05) is 17.8 Å². The number of para-hydroxylation sites is 1. The van der Waals surface area contributed by atoms with Crippen LogP contribution in [0.3, 0.4) is 0 Å². The highest BCUT2D eigenvalue weighted by Gasteiger charge is 2.16. The Morgan fingerprint density at radius 1 is 1.05 bits per heavy atom. The molecule has 0 radical (unpaired) electrons. The minimum atomic E-state index is 0.0632. The molecule has 100 valence electrons. The van der Waals surface area contributed by atoms with E-state index in [1.807, 2.05) is 43.7 Å². The van der Waals surface area contributed by atoms with Crippen LogP contribution in [-0.4, -0.2) is 17.0 Å². The van der Waals surface area contributed by atoms with E-state index in [0.717, 1.165) is 22.2 Å². The number of fused-ring (bicyclic) bond motifs is 1. The molecule has 0 aliphatic rings. The highest BCUT2D eigenvalue weighted by molar-refractivity contribution is 5.78. The summed E-state index contributed by atoms with van der Waals surface area (Å²) < 4.78 is 0. The van der Waals surface area contributed by atoms with Crippen molar-refractivity contribution in [3.05, 3.63) is 71.7 Å². The van der Waals surface area contributed by atoms with Crippen molar-refractivity contribution in [1.82, 2.24) is 15.3 Å². The third kappa shape index (κ3) is 2.28. The van der Waals surface area contributed by atoms with Crippen molar-refractivity contribution in [2.45, 2.75) is 13.0 Å². The summed E-state index contributed by atoms with van der Waals surface area (Å²) in [5.41, 5.74) is 4.38. The molecule has 0 saturated heterocycles. The molecule has 0 fully saturated rings. The SMILES string of the molecule is CNC(c1cnc2ccccc2c1)c1ncccc1C. The van der Waals surface area contributed by atoms with Crippen molar-refractivity contribution >= 4 is 10.9 Å². The quantitative estimate of drug-likeness (QED) is 0.788. The predicted molar refractivity (Wildman–Crippen MR) is 81.6 cm³/mol. The van der Waals surface area contributed by atoms with E-state index < -0.39 is 0 Å². The minimum absolute atomic E-state index is 0.0632. The van der Waals surface area contributed by atoms with Gasteiger partial charge in [-0.25, -0.2) is 0 Å². The van der Waals surface area contributed by atoms with E-state index in [2.05, 4.69) is 40.4 Å². The van der Waals surface area contributed by atoms with Crippen molar-refractivity contribution in [1.29, 1.82) is 0 Å². The van der Waals surface area contributed by atoms with Gasteiger partial charge in [-0.15, -0.1) is 0 Å². The van der Waals surface area contributed by atoms with Crippen LogP contribution in [0.1, 0.15) is 22.9 Å². The Hall–Kier alpha value is -2.26. The number of benzene rings is 1. The fraction of sp³-hybridized carbons (Fsp3) is 0.176. The third-order valence-corrected chi connectivity index (χ3v) is 3.56. The number of pyridine rings is 2. The molecule has 2 heterocycles. The van der Waals surface area contributed by atoms with Gasteiger partial charge in [-0.3, -0.25) is 9.97 Å². The molecule has 0 spiro atoms. The summed E-state index contributed by atoms with van der Waals surface area (Å²) >= 11 is 0. The second-order valence-corrected chi connectivity index (χ2v) is 4.89. The van der Waals surface area contributed by atoms with Crippen LogP contribution in [0.2, 0.25) is 0 Å². The van der Waals surface area contributed by atoms with Crippen LogP contribution in [0.4, 0.5) is 0 Å². The molecule has 20 heavy (non-hydrogen) atoms. The van der Waals surface area contributed by atoms with Crippen molar-refractivity contribution < 1.29 is 0 Å². The van der Waals surface area contributed by atoms with Crippen LogP contribution in [0.25, 0.3) is 10.9 Å². The van der Waals surface area contributed by atoms with Gasteiger partial charge < -0.3 is 5.32 Å². The van der Waals surface area contributed by atoms with Crippen molar-refractivity contribution in [3.8, 4) is 0 Å². The lowest BCUT2D eigenvalue weighted by Gasteiger charge is -2.18. The average Bonchev–Trinajstić information content (AvgIpc) is 2.50. The molecule has 0 aliphatic carbocycles. The molecular formula is C17H17N3. The first-order valence-electron chi connectivity index (χ1n) is 6.73. The van der Waals surface area contributed by atoms with E-state index in [9.17, 15) is 0 Å². The summed E-state index contributed by atoms with van der Waals surface area (Å²) in [6.07, 6.45) is 3.76. The second kappa shape index (κ2) is 5.39. The van der Waals surface area contributed by atoms with Crippen LogP contribution >= 0.6 is 0 Å². The van der Waals surface area contributed by atoms with E-state index in [1.54, 1.807) is 0 Å². The normalized spacial score (nSPS) is 12.5. The Bertz CT molecular complexity index is 737. The second-order valence-electron chi connectivity index (χ2n) is 4.89. The van der Waals surface area contributed by atoms with Gasteiger partial charge >= 0.3 is 0 Å². The molecule has 0 bridgehead atoms. The van der Waals surface area contributed by atoms with Gasteiger partial charge in [0.25, 0.3) is 0 Å². The first-order chi connectivity index (χ1) is 9.79. The Morgan fingerprint density at radius 3 is 2.70 bits per heavy atom. The smallest absolute Gasteiger partial charge is 0.0766 e. The molecule has 0 aliphatic heterocycles. The standard InChI is InChI=1S/C17H17N3/c1-12-6-5-9-19-16(12)17(18-2)14-10-13-7-3-4-8-15(13)20-11-14/h3-11,17-18H,1-2H3. The van der Waals surface area contributed by atoms with Crippen molar-refractivity contribution in [2.24, 2.45) is 0 Å². The molecule has 0 saturated carbocycles. The Balaban J connectivity index is 2.10. The number of aromatic nitrogens is 2. The minimum Gasteiger partial charge on any atom is -0.308 e. The fourth-order valence-corrected chi connectivity index (χ4v) is 2.51. The summed E-state index contributed by atoms with van der Waals surface area (Å²) in [5, 5.41) is 4.49. The highest BCUT2D eigenvalue weighted by atomic mass is 14.9. The fourth-order valence-electron chi connectivity index (χ4n) is 2.51. The number of nitrogens with one attached hydrogen (secondary N) is 1.